The van der Waals surface area contributed by atoms with Gasteiger partial charge < -0.3 is 10.4 Å². The van der Waals surface area contributed by atoms with Crippen molar-refractivity contribution in [3.8, 4) is 5.75 Å². The molecule has 1 aliphatic carbocycles. The number of carbonyl (C=O) groups excluding carboxylic acids is 1. The molecule has 2 N–H and O–H groups in total. The molecule has 0 heterocycles. The minimum atomic E-state index is -0.0231. The van der Waals surface area contributed by atoms with Gasteiger partial charge in [-0.15, -0.1) is 0 Å². The lowest BCUT2D eigenvalue weighted by Crippen LogP contribution is -2.34. The van der Waals surface area contributed by atoms with Crippen molar-refractivity contribution in [3.63, 3.8) is 0 Å². The molecule has 0 unspecified atom stereocenters. The Morgan fingerprint density at radius 2 is 1.89 bits per heavy atom. The van der Waals surface area contributed by atoms with E-state index in [2.05, 4.69) is 5.32 Å². The maximum atomic E-state index is 12.1. The minimum Gasteiger partial charge on any atom is -0.508 e. The first kappa shape index (κ1) is 12.9. The van der Waals surface area contributed by atoms with Gasteiger partial charge in [0.05, 0.1) is 0 Å². The molecule has 0 aromatic heterocycles. The number of aryl methyl sites for hydroxylation is 1. The number of nitrogens with one attached hydrogen (secondary N) is 1. The highest BCUT2D eigenvalue weighted by atomic mass is 16.3. The zero-order valence-electron chi connectivity index (χ0n) is 10.9. The zero-order chi connectivity index (χ0) is 13.0. The fourth-order valence-corrected chi connectivity index (χ4v) is 2.49. The first-order chi connectivity index (χ1) is 8.66. The second-order valence-corrected chi connectivity index (χ2v) is 5.16. The fraction of sp³-hybridized carbons (Fsp3) is 0.533. The second-order valence-electron chi connectivity index (χ2n) is 5.16. The van der Waals surface area contributed by atoms with E-state index in [0.29, 0.717) is 11.6 Å². The summed E-state index contributed by atoms with van der Waals surface area (Å²) in [4.78, 5) is 12.1. The van der Waals surface area contributed by atoms with E-state index < -0.39 is 0 Å². The van der Waals surface area contributed by atoms with Gasteiger partial charge in [-0.25, -0.2) is 0 Å². The lowest BCUT2D eigenvalue weighted by atomic mass is 10.1. The van der Waals surface area contributed by atoms with Gasteiger partial charge >= 0.3 is 0 Å². The third kappa shape index (κ3) is 3.25. The molecule has 0 saturated heterocycles. The van der Waals surface area contributed by atoms with E-state index in [-0.39, 0.29) is 11.7 Å². The number of aromatic hydroxyl groups is 1. The Bertz CT molecular complexity index is 421. The van der Waals surface area contributed by atoms with Crippen LogP contribution in [0.2, 0.25) is 0 Å². The number of amides is 1. The summed E-state index contributed by atoms with van der Waals surface area (Å²) in [5.41, 5.74) is 1.37. The molecule has 0 bridgehead atoms. The van der Waals surface area contributed by atoms with Crippen LogP contribution in [-0.4, -0.2) is 17.1 Å². The van der Waals surface area contributed by atoms with E-state index >= 15 is 0 Å². The topological polar surface area (TPSA) is 49.3 Å². The summed E-state index contributed by atoms with van der Waals surface area (Å²) in [5, 5.41) is 12.6. The number of phenolic OH excluding ortho intramolecular Hbond substituents is 1. The van der Waals surface area contributed by atoms with E-state index in [4.69, 9.17) is 0 Å². The highest BCUT2D eigenvalue weighted by Crippen LogP contribution is 2.19. The van der Waals surface area contributed by atoms with Crippen LogP contribution in [0.1, 0.15) is 54.4 Å². The van der Waals surface area contributed by atoms with E-state index in [0.717, 1.165) is 18.4 Å². The number of rotatable bonds is 2. The molecule has 1 saturated carbocycles. The van der Waals surface area contributed by atoms with Gasteiger partial charge in [0.2, 0.25) is 0 Å². The lowest BCUT2D eigenvalue weighted by molar-refractivity contribution is 0.0933. The molecular formula is C15H21NO2. The Hall–Kier alpha value is -1.51. The third-order valence-electron chi connectivity index (χ3n) is 3.65. The molecule has 3 nitrogen and oxygen atoms in total. The second kappa shape index (κ2) is 5.89. The Labute approximate surface area is 108 Å². The highest BCUT2D eigenvalue weighted by molar-refractivity contribution is 5.94. The van der Waals surface area contributed by atoms with Crippen LogP contribution in [0.25, 0.3) is 0 Å². The molecule has 3 heteroatoms. The fourth-order valence-electron chi connectivity index (χ4n) is 2.49. The summed E-state index contributed by atoms with van der Waals surface area (Å²) < 4.78 is 0. The van der Waals surface area contributed by atoms with Gasteiger partial charge in [-0.1, -0.05) is 25.7 Å². The number of hydrogen-bond acceptors (Lipinski definition) is 2. The van der Waals surface area contributed by atoms with Crippen LogP contribution in [0.3, 0.4) is 0 Å². The smallest absolute Gasteiger partial charge is 0.251 e. The average Bonchev–Trinajstić information content (AvgIpc) is 2.61. The third-order valence-corrected chi connectivity index (χ3v) is 3.65. The van der Waals surface area contributed by atoms with Crippen LogP contribution in [0.15, 0.2) is 18.2 Å². The monoisotopic (exact) mass is 247 g/mol. The number of hydrogen-bond donors (Lipinski definition) is 2. The molecule has 98 valence electrons. The lowest BCUT2D eigenvalue weighted by Gasteiger charge is -2.16. The quantitative estimate of drug-likeness (QED) is 0.789. The normalized spacial score (nSPS) is 17.2. The highest BCUT2D eigenvalue weighted by Gasteiger charge is 2.16. The molecule has 1 fully saturated rings. The van der Waals surface area contributed by atoms with Gasteiger partial charge in [-0.3, -0.25) is 4.79 Å². The number of carbonyl (C=O) groups is 1. The molecule has 0 aliphatic heterocycles. The molecule has 0 radical (unpaired) electrons. The van der Waals surface area contributed by atoms with Crippen molar-refractivity contribution < 1.29 is 9.90 Å². The first-order valence-corrected chi connectivity index (χ1v) is 6.77. The summed E-state index contributed by atoms with van der Waals surface area (Å²) in [6, 6.07) is 5.31. The molecule has 18 heavy (non-hydrogen) atoms. The zero-order valence-corrected chi connectivity index (χ0v) is 10.9. The Balaban J connectivity index is 1.99. The van der Waals surface area contributed by atoms with Gasteiger partial charge in [0.15, 0.2) is 0 Å². The average molecular weight is 247 g/mol. The predicted octanol–water partition coefficient (Wildman–Crippen LogP) is 3.15. The standard InChI is InChI=1S/C15H21NO2/c1-11-10-12(8-9-14(11)17)15(18)16-13-6-4-2-3-5-7-13/h8-10,13,17H,2-7H2,1H3,(H,16,18). The van der Waals surface area contributed by atoms with Crippen LogP contribution in [0.5, 0.6) is 5.75 Å². The van der Waals surface area contributed by atoms with E-state index in [9.17, 15) is 9.90 Å². The Morgan fingerprint density at radius 3 is 2.50 bits per heavy atom. The van der Waals surface area contributed by atoms with Crippen LogP contribution in [0, 0.1) is 6.92 Å². The summed E-state index contributed by atoms with van der Waals surface area (Å²) in [6.45, 7) is 1.80. The molecule has 1 aliphatic rings. The van der Waals surface area contributed by atoms with Gasteiger partial charge in [-0.05, 0) is 43.5 Å². The van der Waals surface area contributed by atoms with Crippen molar-refractivity contribution in [3.05, 3.63) is 29.3 Å². The van der Waals surface area contributed by atoms with Crippen molar-refractivity contribution in [2.75, 3.05) is 0 Å². The van der Waals surface area contributed by atoms with Crippen LogP contribution >= 0.6 is 0 Å². The van der Waals surface area contributed by atoms with E-state index in [1.165, 1.54) is 25.7 Å². The molecule has 1 amide bonds. The largest absolute Gasteiger partial charge is 0.508 e. The molecule has 1 aromatic rings. The molecule has 2 rings (SSSR count). The van der Waals surface area contributed by atoms with Crippen LogP contribution < -0.4 is 5.32 Å². The molecule has 0 atom stereocenters. The Morgan fingerprint density at radius 1 is 1.22 bits per heavy atom. The minimum absolute atomic E-state index is 0.0231. The first-order valence-electron chi connectivity index (χ1n) is 6.77. The maximum Gasteiger partial charge on any atom is 0.251 e. The van der Waals surface area contributed by atoms with Gasteiger partial charge in [0, 0.05) is 11.6 Å². The summed E-state index contributed by atoms with van der Waals surface area (Å²) >= 11 is 0. The van der Waals surface area contributed by atoms with Crippen molar-refractivity contribution in [1.29, 1.82) is 0 Å². The van der Waals surface area contributed by atoms with Gasteiger partial charge in [0.1, 0.15) is 5.75 Å². The molecule has 0 spiro atoms. The molecule has 1 aromatic carbocycles. The van der Waals surface area contributed by atoms with Crippen molar-refractivity contribution in [2.45, 2.75) is 51.5 Å². The van der Waals surface area contributed by atoms with Crippen LogP contribution in [0.4, 0.5) is 0 Å². The Kier molecular flexibility index (Phi) is 4.24. The van der Waals surface area contributed by atoms with Crippen LogP contribution in [-0.2, 0) is 0 Å². The number of phenols is 1. The van der Waals surface area contributed by atoms with E-state index in [1.807, 2.05) is 0 Å². The van der Waals surface area contributed by atoms with E-state index in [1.54, 1.807) is 25.1 Å². The van der Waals surface area contributed by atoms with Gasteiger partial charge in [0.25, 0.3) is 5.91 Å². The van der Waals surface area contributed by atoms with Crippen molar-refractivity contribution in [2.24, 2.45) is 0 Å². The number of benzene rings is 1. The van der Waals surface area contributed by atoms with Crippen molar-refractivity contribution in [1.82, 2.24) is 5.32 Å². The van der Waals surface area contributed by atoms with Gasteiger partial charge in [-0.2, -0.15) is 0 Å². The summed E-state index contributed by atoms with van der Waals surface area (Å²) in [7, 11) is 0. The predicted molar refractivity (Wildman–Crippen MR) is 71.8 cm³/mol. The summed E-state index contributed by atoms with van der Waals surface area (Å²) in [5.74, 6) is 0.214. The van der Waals surface area contributed by atoms with Crippen molar-refractivity contribution >= 4 is 5.91 Å². The maximum absolute atomic E-state index is 12.1. The molecular weight excluding hydrogens is 226 g/mol. The SMILES string of the molecule is Cc1cc(C(=O)NC2CCCCCC2)ccc1O. The summed E-state index contributed by atoms with van der Waals surface area (Å²) in [6.07, 6.45) is 7.15.